The van der Waals surface area contributed by atoms with Gasteiger partial charge in [-0.1, -0.05) is 83.2 Å². The maximum Gasteiger partial charge on any atom is 0.328 e. The van der Waals surface area contributed by atoms with E-state index in [1.54, 1.807) is 19.2 Å². The fraction of sp³-hybridized carbons (Fsp3) is 0.523. The number of nitrogens with one attached hydrogen (secondary N) is 4. The van der Waals surface area contributed by atoms with Crippen molar-refractivity contribution in [3.05, 3.63) is 77.4 Å². The number of guanidine groups is 1. The zero-order valence-corrected chi connectivity index (χ0v) is 40.9. The SMILES string of the molecule is C=CCC(NC(=O)[C@@H](CCCN=C(N)NSc1c(C)c(C)c2c(c1C)CB(C)C(C)(C)O2)NC)C(=O)OC.C=CCOc1ccc(C)cc1.CC.CC.O=CCNC(=S)S. The minimum atomic E-state index is -0.754. The second kappa shape index (κ2) is 32.7. The lowest BCUT2D eigenvalue weighted by atomic mass is 9.37. The number of nitrogens with zero attached hydrogens (tertiary/aromatic N) is 1. The molecule has 12 nitrogen and oxygen atoms in total. The van der Waals surface area contributed by atoms with E-state index in [4.69, 9.17) is 19.9 Å². The molecular weight excluding hydrogens is 816 g/mol. The normalized spacial score (nSPS) is 13.0. The predicted octanol–water partition coefficient (Wildman–Crippen LogP) is 7.64. The smallest absolute Gasteiger partial charge is 0.328 e. The Hall–Kier alpha value is -3.99. The Balaban J connectivity index is 0. The molecule has 0 spiro atoms. The standard InChI is InChI=1S/C27H44BN5O4S.C10H12O.C3H5NOS2.2C2H6/c1-10-12-21(25(35)36-9)32-24(34)20(30-8)13-11-14-31-26(29)33-38-23-17(3)16(2)22-19(18(23)4)15-28(7)27(5,6)37-22;1-3-8-11-10-6-4-9(2)5-7-10;5-2-1-4-3(6)7;2*1-2/h10,20-21,30H,1,11-15H2,2-9H3,(H,32,34)(H3,29,31,33);3-7H,1,8H2,2H3;2H,1H2,(H2,4,6,7);2*1-2H3/t20-,21?;;;;/m1..../s1. The first-order chi connectivity index (χ1) is 28.5. The van der Waals surface area contributed by atoms with Gasteiger partial charge in [0.2, 0.25) is 5.91 Å². The molecular formula is C44H73BN6O6S3. The number of nitrogens with two attached hydrogens (primary N) is 1. The molecule has 60 heavy (non-hydrogen) atoms. The highest BCUT2D eigenvalue weighted by Crippen LogP contribution is 2.42. The number of hydrogen-bond acceptors (Lipinski definition) is 10. The van der Waals surface area contributed by atoms with Gasteiger partial charge in [-0.15, -0.1) is 19.2 Å². The van der Waals surface area contributed by atoms with Gasteiger partial charge in [0.05, 0.1) is 25.2 Å². The zero-order valence-electron chi connectivity index (χ0n) is 38.4. The van der Waals surface area contributed by atoms with Crippen LogP contribution in [0.15, 0.2) is 59.5 Å². The van der Waals surface area contributed by atoms with E-state index < -0.39 is 18.1 Å². The number of methoxy groups -OCH3 is 1. The van der Waals surface area contributed by atoms with Crippen molar-refractivity contribution in [2.75, 3.05) is 33.9 Å². The van der Waals surface area contributed by atoms with Crippen LogP contribution in [-0.2, 0) is 25.4 Å². The number of aliphatic imine (C=N–C) groups is 1. The molecule has 0 fully saturated rings. The number of ether oxygens (including phenoxy) is 3. The van der Waals surface area contributed by atoms with Crippen molar-refractivity contribution in [2.45, 2.75) is 124 Å². The average Bonchev–Trinajstić information content (AvgIpc) is 3.24. The van der Waals surface area contributed by atoms with Gasteiger partial charge < -0.3 is 40.7 Å². The number of aryl methyl sites for hydroxylation is 1. The van der Waals surface area contributed by atoms with E-state index in [9.17, 15) is 14.4 Å². The molecule has 16 heteroatoms. The molecule has 1 heterocycles. The number of benzene rings is 2. The quantitative estimate of drug-likeness (QED) is 0.00880. The monoisotopic (exact) mass is 888 g/mol. The maximum absolute atomic E-state index is 12.6. The minimum Gasteiger partial charge on any atom is -0.496 e. The number of carbonyl (C=O) groups excluding carboxylic acids is 3. The van der Waals surface area contributed by atoms with Crippen molar-refractivity contribution in [2.24, 2.45) is 10.7 Å². The number of thiocarbonyl (C=S) groups is 1. The summed E-state index contributed by atoms with van der Waals surface area (Å²) in [6, 6.07) is 6.74. The van der Waals surface area contributed by atoms with E-state index in [0.717, 1.165) is 34.6 Å². The van der Waals surface area contributed by atoms with Crippen molar-refractivity contribution < 1.29 is 28.6 Å². The number of fused-ring (bicyclic) bond motifs is 1. The first-order valence-corrected chi connectivity index (χ1v) is 22.1. The van der Waals surface area contributed by atoms with E-state index in [1.165, 1.54) is 41.3 Å². The molecule has 1 aliphatic rings. The molecule has 0 aromatic heterocycles. The fourth-order valence-electron chi connectivity index (χ4n) is 5.36. The van der Waals surface area contributed by atoms with Crippen LogP contribution >= 0.6 is 36.8 Å². The van der Waals surface area contributed by atoms with Crippen molar-refractivity contribution in [3.63, 3.8) is 0 Å². The number of hydrogen-bond donors (Lipinski definition) is 6. The summed E-state index contributed by atoms with van der Waals surface area (Å²) in [6.45, 7) is 31.8. The summed E-state index contributed by atoms with van der Waals surface area (Å²) in [6.07, 6.45) is 6.47. The molecule has 0 bridgehead atoms. The van der Waals surface area contributed by atoms with Gasteiger partial charge in [0.1, 0.15) is 34.8 Å². The van der Waals surface area contributed by atoms with Crippen LogP contribution in [0, 0.1) is 27.7 Å². The summed E-state index contributed by atoms with van der Waals surface area (Å²) in [5, 5.41) is 8.23. The molecule has 1 aliphatic heterocycles. The Labute approximate surface area is 377 Å². The molecule has 6 N–H and O–H groups in total. The number of amides is 1. The Bertz CT molecular complexity index is 1660. The van der Waals surface area contributed by atoms with E-state index in [2.05, 4.69) is 112 Å². The van der Waals surface area contributed by atoms with Crippen LogP contribution < -0.4 is 35.9 Å². The molecule has 0 aliphatic carbocycles. The molecule has 3 rings (SSSR count). The summed E-state index contributed by atoms with van der Waals surface area (Å²) >= 11 is 9.62. The number of thiol groups is 1. The molecule has 2 aromatic carbocycles. The lowest BCUT2D eigenvalue weighted by Gasteiger charge is -2.39. The van der Waals surface area contributed by atoms with Gasteiger partial charge >= 0.3 is 5.97 Å². The second-order valence-electron chi connectivity index (χ2n) is 13.7. The van der Waals surface area contributed by atoms with Gasteiger partial charge in [-0.3, -0.25) is 14.5 Å². The van der Waals surface area contributed by atoms with Gasteiger partial charge in [0, 0.05) is 11.4 Å². The largest absolute Gasteiger partial charge is 0.496 e. The summed E-state index contributed by atoms with van der Waals surface area (Å²) in [7, 11) is 3.00. The summed E-state index contributed by atoms with van der Waals surface area (Å²) in [4.78, 5) is 39.6. The predicted molar refractivity (Wildman–Crippen MR) is 262 cm³/mol. The van der Waals surface area contributed by atoms with Gasteiger partial charge in [-0.05, 0) is 121 Å². The van der Waals surface area contributed by atoms with Crippen LogP contribution in [0.5, 0.6) is 11.5 Å². The molecule has 2 atom stereocenters. The van der Waals surface area contributed by atoms with Crippen LogP contribution in [0.1, 0.15) is 88.6 Å². The van der Waals surface area contributed by atoms with E-state index >= 15 is 0 Å². The Morgan fingerprint density at radius 3 is 2.18 bits per heavy atom. The van der Waals surface area contributed by atoms with Crippen LogP contribution in [-0.4, -0.2) is 86.6 Å². The number of rotatable bonds is 17. The number of carbonyl (C=O) groups is 3. The molecule has 336 valence electrons. The first-order valence-electron chi connectivity index (χ1n) is 20.4. The minimum absolute atomic E-state index is 0.192. The highest BCUT2D eigenvalue weighted by Gasteiger charge is 2.38. The number of esters is 1. The summed E-state index contributed by atoms with van der Waals surface area (Å²) < 4.78 is 20.0. The summed E-state index contributed by atoms with van der Waals surface area (Å²) in [5.41, 5.74) is 12.0. The number of likely N-dealkylation sites (N-methyl/N-ethyl adjacent to an activating group) is 1. The van der Waals surface area contributed by atoms with Crippen LogP contribution in [0.25, 0.3) is 0 Å². The highest BCUT2D eigenvalue weighted by molar-refractivity contribution is 8.11. The highest BCUT2D eigenvalue weighted by atomic mass is 32.2. The Kier molecular flexibility index (Phi) is 31.7. The van der Waals surface area contributed by atoms with E-state index in [-0.39, 0.29) is 18.0 Å². The van der Waals surface area contributed by atoms with Crippen LogP contribution in [0.4, 0.5) is 0 Å². The third-order valence-corrected chi connectivity index (χ3v) is 10.6. The topological polar surface area (TPSA) is 165 Å². The van der Waals surface area contributed by atoms with Gasteiger partial charge in [0.25, 0.3) is 0 Å². The molecule has 0 saturated heterocycles. The first kappa shape index (κ1) is 58.1. The van der Waals surface area contributed by atoms with Crippen molar-refractivity contribution in [3.8, 4) is 11.5 Å². The number of aldehydes is 1. The molecule has 1 unspecified atom stereocenters. The molecule has 0 radical (unpaired) electrons. The second-order valence-corrected chi connectivity index (χ2v) is 15.6. The molecule has 0 saturated carbocycles. The van der Waals surface area contributed by atoms with Crippen molar-refractivity contribution in [1.29, 1.82) is 0 Å². The van der Waals surface area contributed by atoms with Crippen molar-refractivity contribution >= 4 is 72.0 Å². The Morgan fingerprint density at radius 1 is 1.07 bits per heavy atom. The van der Waals surface area contributed by atoms with Crippen LogP contribution in [0.3, 0.4) is 0 Å². The van der Waals surface area contributed by atoms with Crippen molar-refractivity contribution in [1.82, 2.24) is 20.7 Å². The third kappa shape index (κ3) is 21.5. The zero-order chi connectivity index (χ0) is 46.4. The van der Waals surface area contributed by atoms with Gasteiger partial charge in [-0.2, -0.15) is 0 Å². The third-order valence-electron chi connectivity index (χ3n) is 9.16. The Morgan fingerprint density at radius 2 is 1.68 bits per heavy atom. The average molecular weight is 889 g/mol. The maximum atomic E-state index is 12.6. The summed E-state index contributed by atoms with van der Waals surface area (Å²) in [5.74, 6) is 1.47. The lowest BCUT2D eigenvalue weighted by Crippen LogP contribution is -2.49. The fourth-order valence-corrected chi connectivity index (χ4v) is 6.39. The van der Waals surface area contributed by atoms with E-state index in [1.807, 2.05) is 52.0 Å². The molecule has 1 amide bonds. The van der Waals surface area contributed by atoms with Gasteiger partial charge in [-0.25, -0.2) is 4.79 Å². The lowest BCUT2D eigenvalue weighted by molar-refractivity contribution is -0.145. The van der Waals surface area contributed by atoms with E-state index in [0.29, 0.717) is 49.4 Å². The molecule has 2 aromatic rings. The van der Waals surface area contributed by atoms with Crippen LogP contribution in [0.2, 0.25) is 6.82 Å². The van der Waals surface area contributed by atoms with Gasteiger partial charge in [0.15, 0.2) is 12.7 Å².